The fourth-order valence-corrected chi connectivity index (χ4v) is 3.88. The maximum absolute atomic E-state index is 2.32. The van der Waals surface area contributed by atoms with Crippen molar-refractivity contribution in [3.05, 3.63) is 109 Å². The molecule has 0 fully saturated rings. The lowest BCUT2D eigenvalue weighted by Gasteiger charge is -2.12. The van der Waals surface area contributed by atoms with E-state index in [0.717, 1.165) is 0 Å². The largest absolute Gasteiger partial charge is 0.0616 e. The van der Waals surface area contributed by atoms with E-state index in [1.807, 2.05) is 0 Å². The summed E-state index contributed by atoms with van der Waals surface area (Å²) in [6.45, 7) is 2.12. The van der Waals surface area contributed by atoms with Crippen molar-refractivity contribution < 1.29 is 0 Å². The molecule has 0 aliphatic carbocycles. The van der Waals surface area contributed by atoms with Crippen LogP contribution in [0.4, 0.5) is 0 Å². The summed E-state index contributed by atoms with van der Waals surface area (Å²) in [5.41, 5.74) is 6.35. The average molecular weight is 344 g/mol. The first-order valence-corrected chi connectivity index (χ1v) is 9.37. The minimum absolute atomic E-state index is 1.25. The first-order chi connectivity index (χ1) is 13.3. The van der Waals surface area contributed by atoms with Crippen LogP contribution in [0.15, 0.2) is 103 Å². The lowest BCUT2D eigenvalue weighted by atomic mass is 9.92. The molecule has 0 heteroatoms. The fraction of sp³-hybridized carbons (Fsp3) is 0.0370. The SMILES string of the molecule is Cc1ccc(-c2ccc(-c3cc4ccccc4c4ccccc34)cc2)cc1. The van der Waals surface area contributed by atoms with E-state index in [-0.39, 0.29) is 0 Å². The van der Waals surface area contributed by atoms with Gasteiger partial charge in [-0.25, -0.2) is 0 Å². The molecule has 0 saturated carbocycles. The van der Waals surface area contributed by atoms with Crippen molar-refractivity contribution in [2.45, 2.75) is 6.92 Å². The van der Waals surface area contributed by atoms with Crippen molar-refractivity contribution >= 4 is 21.5 Å². The molecule has 0 radical (unpaired) electrons. The van der Waals surface area contributed by atoms with Gasteiger partial charge in [-0.3, -0.25) is 0 Å². The van der Waals surface area contributed by atoms with E-state index >= 15 is 0 Å². The van der Waals surface area contributed by atoms with E-state index in [2.05, 4.69) is 110 Å². The zero-order valence-electron chi connectivity index (χ0n) is 15.3. The molecule has 128 valence electrons. The molecule has 5 aromatic carbocycles. The van der Waals surface area contributed by atoms with Crippen LogP contribution in [0.5, 0.6) is 0 Å². The molecule has 0 bridgehead atoms. The van der Waals surface area contributed by atoms with Gasteiger partial charge in [0.05, 0.1) is 0 Å². The molecule has 0 N–H and O–H groups in total. The number of aryl methyl sites for hydroxylation is 1. The highest BCUT2D eigenvalue weighted by Gasteiger charge is 2.08. The van der Waals surface area contributed by atoms with E-state index in [1.165, 1.54) is 49.4 Å². The third kappa shape index (κ3) is 2.80. The molecule has 0 aliphatic rings. The Kier molecular flexibility index (Phi) is 3.76. The molecule has 5 rings (SSSR count). The van der Waals surface area contributed by atoms with Gasteiger partial charge in [0.1, 0.15) is 0 Å². The Morgan fingerprint density at radius 2 is 0.963 bits per heavy atom. The summed E-state index contributed by atoms with van der Waals surface area (Å²) in [6.07, 6.45) is 0. The van der Waals surface area contributed by atoms with Crippen molar-refractivity contribution in [3.8, 4) is 22.3 Å². The number of hydrogen-bond donors (Lipinski definition) is 0. The molecule has 0 nitrogen and oxygen atoms in total. The van der Waals surface area contributed by atoms with Crippen molar-refractivity contribution in [3.63, 3.8) is 0 Å². The summed E-state index contributed by atoms with van der Waals surface area (Å²) < 4.78 is 0. The zero-order valence-corrected chi connectivity index (χ0v) is 15.3. The second kappa shape index (κ2) is 6.41. The van der Waals surface area contributed by atoms with Gasteiger partial charge in [-0.1, -0.05) is 103 Å². The quantitative estimate of drug-likeness (QED) is 0.289. The van der Waals surface area contributed by atoms with Gasteiger partial charge in [-0.2, -0.15) is 0 Å². The molecule has 0 saturated heterocycles. The monoisotopic (exact) mass is 344 g/mol. The van der Waals surface area contributed by atoms with Crippen LogP contribution >= 0.6 is 0 Å². The van der Waals surface area contributed by atoms with E-state index in [0.29, 0.717) is 0 Å². The summed E-state index contributed by atoms with van der Waals surface area (Å²) in [5, 5.41) is 5.22. The summed E-state index contributed by atoms with van der Waals surface area (Å²) in [5.74, 6) is 0. The standard InChI is InChI=1S/C27H20/c1-19-10-12-20(13-11-19)21-14-16-22(17-15-21)27-18-23-6-2-3-7-24(23)25-8-4-5-9-26(25)27/h2-18H,1H3. The van der Waals surface area contributed by atoms with Crippen LogP contribution in [0.1, 0.15) is 5.56 Å². The highest BCUT2D eigenvalue weighted by Crippen LogP contribution is 2.35. The average Bonchev–Trinajstić information content (AvgIpc) is 2.74. The van der Waals surface area contributed by atoms with Crippen molar-refractivity contribution in [2.24, 2.45) is 0 Å². The van der Waals surface area contributed by atoms with Gasteiger partial charge in [0.2, 0.25) is 0 Å². The van der Waals surface area contributed by atoms with Gasteiger partial charge in [0.15, 0.2) is 0 Å². The third-order valence-electron chi connectivity index (χ3n) is 5.35. The Morgan fingerprint density at radius 3 is 1.67 bits per heavy atom. The van der Waals surface area contributed by atoms with Crippen LogP contribution in [-0.2, 0) is 0 Å². The number of hydrogen-bond acceptors (Lipinski definition) is 0. The molecule has 0 unspecified atom stereocenters. The summed E-state index contributed by atoms with van der Waals surface area (Å²) in [7, 11) is 0. The zero-order chi connectivity index (χ0) is 18.2. The van der Waals surface area contributed by atoms with Crippen LogP contribution in [0, 0.1) is 6.92 Å². The fourth-order valence-electron chi connectivity index (χ4n) is 3.88. The van der Waals surface area contributed by atoms with E-state index in [1.54, 1.807) is 0 Å². The molecule has 0 spiro atoms. The predicted octanol–water partition coefficient (Wildman–Crippen LogP) is 7.64. The van der Waals surface area contributed by atoms with Gasteiger partial charge >= 0.3 is 0 Å². The summed E-state index contributed by atoms with van der Waals surface area (Å²) in [4.78, 5) is 0. The molecule has 27 heavy (non-hydrogen) atoms. The van der Waals surface area contributed by atoms with Crippen molar-refractivity contribution in [1.82, 2.24) is 0 Å². The third-order valence-corrected chi connectivity index (χ3v) is 5.35. The molecule has 5 aromatic rings. The second-order valence-corrected chi connectivity index (χ2v) is 7.13. The molecule has 0 aromatic heterocycles. The highest BCUT2D eigenvalue weighted by atomic mass is 14.1. The van der Waals surface area contributed by atoms with Gasteiger partial charge in [0.25, 0.3) is 0 Å². The predicted molar refractivity (Wildman–Crippen MR) is 117 cm³/mol. The minimum atomic E-state index is 1.25. The molecule has 0 heterocycles. The summed E-state index contributed by atoms with van der Waals surface area (Å²) in [6, 6.07) is 37.3. The van der Waals surface area contributed by atoms with Crippen LogP contribution < -0.4 is 0 Å². The molecule has 0 aliphatic heterocycles. The second-order valence-electron chi connectivity index (χ2n) is 7.13. The molecular weight excluding hydrogens is 324 g/mol. The summed E-state index contributed by atoms with van der Waals surface area (Å²) >= 11 is 0. The molecular formula is C27H20. The lowest BCUT2D eigenvalue weighted by Crippen LogP contribution is -1.85. The lowest BCUT2D eigenvalue weighted by molar-refractivity contribution is 1.47. The van der Waals surface area contributed by atoms with Gasteiger partial charge < -0.3 is 0 Å². The Balaban J connectivity index is 1.67. The Hall–Kier alpha value is -3.38. The van der Waals surface area contributed by atoms with Crippen LogP contribution in [0.2, 0.25) is 0 Å². The first-order valence-electron chi connectivity index (χ1n) is 9.37. The van der Waals surface area contributed by atoms with Crippen LogP contribution in [0.3, 0.4) is 0 Å². The smallest absolute Gasteiger partial charge is 0.00990 e. The maximum atomic E-state index is 2.32. The van der Waals surface area contributed by atoms with Crippen LogP contribution in [-0.4, -0.2) is 0 Å². The molecule has 0 atom stereocenters. The Labute approximate surface area is 159 Å². The first kappa shape index (κ1) is 15.8. The topological polar surface area (TPSA) is 0 Å². The Bertz CT molecular complexity index is 1240. The van der Waals surface area contributed by atoms with Gasteiger partial charge in [-0.15, -0.1) is 0 Å². The number of benzene rings is 5. The Morgan fingerprint density at radius 1 is 0.444 bits per heavy atom. The van der Waals surface area contributed by atoms with Crippen molar-refractivity contribution in [2.75, 3.05) is 0 Å². The number of rotatable bonds is 2. The van der Waals surface area contributed by atoms with Gasteiger partial charge in [-0.05, 0) is 56.8 Å². The normalized spacial score (nSPS) is 11.1. The maximum Gasteiger partial charge on any atom is -0.00990 e. The highest BCUT2D eigenvalue weighted by molar-refractivity contribution is 6.13. The van der Waals surface area contributed by atoms with Crippen LogP contribution in [0.25, 0.3) is 43.8 Å². The number of fused-ring (bicyclic) bond motifs is 3. The van der Waals surface area contributed by atoms with E-state index in [4.69, 9.17) is 0 Å². The van der Waals surface area contributed by atoms with E-state index < -0.39 is 0 Å². The van der Waals surface area contributed by atoms with Gasteiger partial charge in [0, 0.05) is 0 Å². The minimum Gasteiger partial charge on any atom is -0.0616 e. The van der Waals surface area contributed by atoms with Crippen molar-refractivity contribution in [1.29, 1.82) is 0 Å². The van der Waals surface area contributed by atoms with E-state index in [9.17, 15) is 0 Å². The molecule has 0 amide bonds.